The number of rotatable bonds is 6. The van der Waals surface area contributed by atoms with Crippen LogP contribution in [0.2, 0.25) is 0 Å². The van der Waals surface area contributed by atoms with Crippen molar-refractivity contribution in [2.45, 2.75) is 38.8 Å². The molecule has 0 radical (unpaired) electrons. The highest BCUT2D eigenvalue weighted by atomic mass is 16.2. The topological polar surface area (TPSA) is 65.1 Å². The molecule has 0 saturated heterocycles. The largest absolute Gasteiger partial charge is 0.332 e. The van der Waals surface area contributed by atoms with Crippen molar-refractivity contribution in [3.8, 4) is 0 Å². The van der Waals surface area contributed by atoms with E-state index < -0.39 is 0 Å². The summed E-state index contributed by atoms with van der Waals surface area (Å²) in [6, 6.07) is 0.499. The molecule has 2 aromatic heterocycles. The van der Waals surface area contributed by atoms with E-state index in [1.807, 2.05) is 0 Å². The van der Waals surface area contributed by atoms with Crippen molar-refractivity contribution in [2.24, 2.45) is 14.1 Å². The Kier molecular flexibility index (Phi) is 4.85. The van der Waals surface area contributed by atoms with Crippen molar-refractivity contribution in [3.63, 3.8) is 0 Å². The Labute approximate surface area is 129 Å². The minimum absolute atomic E-state index is 0.251. The lowest BCUT2D eigenvalue weighted by Crippen LogP contribution is -2.39. The van der Waals surface area contributed by atoms with Crippen LogP contribution in [0.25, 0.3) is 11.2 Å². The van der Waals surface area contributed by atoms with Crippen molar-refractivity contribution in [3.05, 3.63) is 27.2 Å². The first-order valence-electron chi connectivity index (χ1n) is 7.62. The Bertz CT molecular complexity index is 769. The van der Waals surface area contributed by atoms with E-state index in [4.69, 9.17) is 0 Å². The summed E-state index contributed by atoms with van der Waals surface area (Å²) in [4.78, 5) is 31.1. The van der Waals surface area contributed by atoms with Crippen LogP contribution in [0.4, 0.5) is 0 Å². The molecule has 0 spiro atoms. The number of hydrogen-bond donors (Lipinski definition) is 0. The third-order valence-corrected chi connectivity index (χ3v) is 4.34. The zero-order valence-electron chi connectivity index (χ0n) is 14.0. The first kappa shape index (κ1) is 16.5. The lowest BCUT2D eigenvalue weighted by molar-refractivity contribution is 0.290. The molecule has 0 saturated carbocycles. The van der Waals surface area contributed by atoms with Crippen molar-refractivity contribution < 1.29 is 0 Å². The highest BCUT2D eigenvalue weighted by Crippen LogP contribution is 2.06. The van der Waals surface area contributed by atoms with Crippen LogP contribution in [-0.4, -0.2) is 43.7 Å². The Morgan fingerprint density at radius 3 is 2.55 bits per heavy atom. The molecule has 1 unspecified atom stereocenters. The summed E-state index contributed by atoms with van der Waals surface area (Å²) < 4.78 is 4.44. The van der Waals surface area contributed by atoms with Gasteiger partial charge >= 0.3 is 5.69 Å². The fourth-order valence-electron chi connectivity index (χ4n) is 2.56. The first-order chi connectivity index (χ1) is 10.3. The molecule has 1 atom stereocenters. The van der Waals surface area contributed by atoms with Crippen LogP contribution in [0.3, 0.4) is 0 Å². The lowest BCUT2D eigenvalue weighted by Gasteiger charge is -2.19. The van der Waals surface area contributed by atoms with Gasteiger partial charge in [0.1, 0.15) is 0 Å². The molecule has 2 aromatic rings. The van der Waals surface area contributed by atoms with E-state index >= 15 is 0 Å². The van der Waals surface area contributed by atoms with E-state index in [1.54, 1.807) is 25.0 Å². The predicted octanol–water partition coefficient (Wildman–Crippen LogP) is 0.554. The maximum absolute atomic E-state index is 12.5. The Morgan fingerprint density at radius 1 is 1.23 bits per heavy atom. The molecule has 22 heavy (non-hydrogen) atoms. The molecule has 0 amide bonds. The lowest BCUT2D eigenvalue weighted by atomic mass is 10.1. The monoisotopic (exact) mass is 307 g/mol. The van der Waals surface area contributed by atoms with Crippen LogP contribution >= 0.6 is 0 Å². The molecular formula is C15H25N5O2. The molecule has 2 heterocycles. The first-order valence-corrected chi connectivity index (χ1v) is 7.62. The van der Waals surface area contributed by atoms with Crippen molar-refractivity contribution in [1.82, 2.24) is 23.6 Å². The summed E-state index contributed by atoms with van der Waals surface area (Å²) in [6.45, 7) is 2.62. The zero-order valence-corrected chi connectivity index (χ0v) is 14.0. The van der Waals surface area contributed by atoms with Crippen LogP contribution < -0.4 is 11.2 Å². The van der Waals surface area contributed by atoms with Crippen molar-refractivity contribution in [2.75, 3.05) is 14.1 Å². The molecule has 0 aliphatic carbocycles. The highest BCUT2D eigenvalue weighted by molar-refractivity contribution is 5.69. The van der Waals surface area contributed by atoms with Gasteiger partial charge < -0.3 is 9.47 Å². The molecule has 0 fully saturated rings. The second-order valence-corrected chi connectivity index (χ2v) is 6.13. The number of imidazole rings is 1. The van der Waals surface area contributed by atoms with Gasteiger partial charge in [0.15, 0.2) is 11.2 Å². The number of fused-ring (bicyclic) bond motifs is 1. The second kappa shape index (κ2) is 6.48. The molecule has 7 heteroatoms. The smallest absolute Gasteiger partial charge is 0.328 e. The van der Waals surface area contributed by atoms with E-state index in [0.717, 1.165) is 19.3 Å². The molecule has 2 rings (SSSR count). The third-order valence-electron chi connectivity index (χ3n) is 4.34. The zero-order chi connectivity index (χ0) is 16.4. The van der Waals surface area contributed by atoms with Crippen LogP contribution in [0.15, 0.2) is 15.9 Å². The number of aryl methyl sites for hydroxylation is 2. The molecule has 122 valence electrons. The summed E-state index contributed by atoms with van der Waals surface area (Å²) in [5.41, 5.74) is 0.370. The number of hydrogen-bond acceptors (Lipinski definition) is 4. The molecule has 0 aliphatic rings. The van der Waals surface area contributed by atoms with Gasteiger partial charge in [-0.3, -0.25) is 13.9 Å². The van der Waals surface area contributed by atoms with Gasteiger partial charge in [-0.2, -0.15) is 0 Å². The Hall–Kier alpha value is -1.89. The van der Waals surface area contributed by atoms with Gasteiger partial charge in [0.2, 0.25) is 0 Å². The second-order valence-electron chi connectivity index (χ2n) is 6.13. The molecule has 0 N–H and O–H groups in total. The van der Waals surface area contributed by atoms with E-state index in [1.165, 1.54) is 9.13 Å². The highest BCUT2D eigenvalue weighted by Gasteiger charge is 2.14. The summed E-state index contributed by atoms with van der Waals surface area (Å²) in [5, 5.41) is 0. The summed E-state index contributed by atoms with van der Waals surface area (Å²) in [7, 11) is 7.54. The maximum atomic E-state index is 12.5. The van der Waals surface area contributed by atoms with Crippen LogP contribution in [0.1, 0.15) is 26.2 Å². The van der Waals surface area contributed by atoms with Gasteiger partial charge in [0, 0.05) is 26.7 Å². The summed E-state index contributed by atoms with van der Waals surface area (Å²) >= 11 is 0. The van der Waals surface area contributed by atoms with E-state index in [0.29, 0.717) is 23.8 Å². The average Bonchev–Trinajstić information content (AvgIpc) is 2.85. The van der Waals surface area contributed by atoms with E-state index in [9.17, 15) is 9.59 Å². The number of nitrogens with zero attached hydrogens (tertiary/aromatic N) is 5. The van der Waals surface area contributed by atoms with Gasteiger partial charge in [-0.05, 0) is 33.9 Å². The van der Waals surface area contributed by atoms with Gasteiger partial charge in [0.25, 0.3) is 5.56 Å². The van der Waals surface area contributed by atoms with Crippen LogP contribution in [-0.2, 0) is 20.6 Å². The van der Waals surface area contributed by atoms with Crippen LogP contribution in [0.5, 0.6) is 0 Å². The number of unbranched alkanes of at least 4 members (excludes halogenated alkanes) is 1. The third kappa shape index (κ3) is 2.99. The molecule has 0 aromatic carbocycles. The minimum atomic E-state index is -0.295. The maximum Gasteiger partial charge on any atom is 0.332 e. The Balaban J connectivity index is 2.20. The normalized spacial score (nSPS) is 13.2. The molecular weight excluding hydrogens is 282 g/mol. The standard InChI is InChI=1S/C15H25N5O2/c1-11(17(2)3)8-6-7-9-20-14(21)12-13(16-10-18(12)4)19(5)15(20)22/h10-11H,6-9H2,1-5H3. The SMILES string of the molecule is CC(CCCCn1c(=O)c2c(ncn2C)n(C)c1=O)N(C)C. The van der Waals surface area contributed by atoms with E-state index in [2.05, 4.69) is 30.9 Å². The predicted molar refractivity (Wildman–Crippen MR) is 87.2 cm³/mol. The number of aromatic nitrogens is 4. The molecule has 7 nitrogen and oxygen atoms in total. The van der Waals surface area contributed by atoms with Crippen molar-refractivity contribution >= 4 is 11.2 Å². The van der Waals surface area contributed by atoms with Gasteiger partial charge in [-0.15, -0.1) is 0 Å². The van der Waals surface area contributed by atoms with Gasteiger partial charge in [-0.25, -0.2) is 9.78 Å². The Morgan fingerprint density at radius 2 is 1.91 bits per heavy atom. The quantitative estimate of drug-likeness (QED) is 0.731. The van der Waals surface area contributed by atoms with E-state index in [-0.39, 0.29) is 11.2 Å². The van der Waals surface area contributed by atoms with Crippen molar-refractivity contribution in [1.29, 1.82) is 0 Å². The van der Waals surface area contributed by atoms with Crippen LogP contribution in [0, 0.1) is 0 Å². The molecule has 0 bridgehead atoms. The van der Waals surface area contributed by atoms with Gasteiger partial charge in [0.05, 0.1) is 6.33 Å². The fourth-order valence-corrected chi connectivity index (χ4v) is 2.56. The minimum Gasteiger partial charge on any atom is -0.328 e. The molecule has 0 aliphatic heterocycles. The summed E-state index contributed by atoms with van der Waals surface area (Å²) in [5.74, 6) is 0. The van der Waals surface area contributed by atoms with Gasteiger partial charge in [-0.1, -0.05) is 6.42 Å². The summed E-state index contributed by atoms with van der Waals surface area (Å²) in [6.07, 6.45) is 4.42. The average molecular weight is 307 g/mol. The fraction of sp³-hybridized carbons (Fsp3) is 0.667.